The second-order valence-electron chi connectivity index (χ2n) is 24.2. The molecule has 0 aromatic heterocycles. The highest BCUT2D eigenvalue weighted by Crippen LogP contribution is 2.26. The van der Waals surface area contributed by atoms with Crippen LogP contribution in [0.3, 0.4) is 0 Å². The molecule has 9 nitrogen and oxygen atoms in total. The topological polar surface area (TPSA) is 108 Å². The van der Waals surface area contributed by atoms with Gasteiger partial charge in [-0.2, -0.15) is 0 Å². The number of carbonyl (C=O) groups is 4. The number of likely N-dealkylation sites (tertiary alicyclic amines) is 1. The van der Waals surface area contributed by atoms with E-state index in [0.717, 1.165) is 89.4 Å². The zero-order valence-electron chi connectivity index (χ0n) is 55.6. The number of esters is 2. The lowest BCUT2D eigenvalue weighted by atomic mass is 9.89. The first-order valence-electron chi connectivity index (χ1n) is 33.9. The van der Waals surface area contributed by atoms with Crippen LogP contribution < -0.4 is 0 Å². The molecule has 0 spiro atoms. The van der Waals surface area contributed by atoms with Crippen LogP contribution in [0, 0.1) is 10.8 Å². The molecule has 2 unspecified atom stereocenters. The number of unbranched alkanes of at least 4 members (excludes halogenated alkanes) is 27. The summed E-state index contributed by atoms with van der Waals surface area (Å²) in [6.45, 7) is 30.5. The molecular weight excluding hydrogens is 983 g/mol. The van der Waals surface area contributed by atoms with Gasteiger partial charge in [-0.3, -0.25) is 9.69 Å². The maximum atomic E-state index is 12.8. The molecule has 79 heavy (non-hydrogen) atoms. The van der Waals surface area contributed by atoms with Crippen molar-refractivity contribution >= 4 is 24.5 Å². The van der Waals surface area contributed by atoms with Crippen molar-refractivity contribution in [3.8, 4) is 0 Å². The fourth-order valence-corrected chi connectivity index (χ4v) is 9.84. The van der Waals surface area contributed by atoms with E-state index >= 15 is 0 Å². The number of rotatable bonds is 50. The molecule has 0 aromatic carbocycles. The first-order chi connectivity index (χ1) is 38.1. The molecule has 0 bridgehead atoms. The van der Waals surface area contributed by atoms with Crippen molar-refractivity contribution < 1.29 is 38.1 Å². The fourth-order valence-electron chi connectivity index (χ4n) is 9.84. The molecular formula is C70H139NO8. The van der Waals surface area contributed by atoms with E-state index in [1.54, 1.807) is 0 Å². The van der Waals surface area contributed by atoms with E-state index in [1.807, 2.05) is 55.8 Å². The molecule has 1 saturated heterocycles. The summed E-state index contributed by atoms with van der Waals surface area (Å²) >= 11 is 0. The third-order valence-corrected chi connectivity index (χ3v) is 15.3. The third-order valence-electron chi connectivity index (χ3n) is 15.3. The summed E-state index contributed by atoms with van der Waals surface area (Å²) < 4.78 is 22.1. The summed E-state index contributed by atoms with van der Waals surface area (Å²) in [6.07, 6.45) is 54.9. The molecule has 2 atom stereocenters. The average molecular weight is 1120 g/mol. The lowest BCUT2D eigenvalue weighted by Crippen LogP contribution is -2.38. The number of ether oxygens (including phenoxy) is 4. The van der Waals surface area contributed by atoms with E-state index in [0.29, 0.717) is 31.8 Å². The Morgan fingerprint density at radius 3 is 1.15 bits per heavy atom. The summed E-state index contributed by atoms with van der Waals surface area (Å²) in [4.78, 5) is 48.5. The van der Waals surface area contributed by atoms with Crippen molar-refractivity contribution in [2.75, 3.05) is 33.9 Å². The summed E-state index contributed by atoms with van der Waals surface area (Å²) in [5, 5.41) is 0. The standard InChI is InChI=1S/C28H47NO6.C18H38O.C16H34O.C6H14.C2H6/c1-6-25(32)35-23-19-24(26(33)34-18-14-10-8-12-16-28(4,5)22-31)29(20-23)17-13-9-7-11-15-27(2,3)21-30;1-4-6-8-10-12-14-16-18(19-3)17-15-13-11-9-7-5-2;1-4-6-8-10-12-14-16(17-3)15-13-11-9-7-5-2;1-3-5-6-4-2;1-2/h6,21-24H,1,7-20H2,2-5H3;18H,4-17H2,1-3H3;16H,4-15H2,1-3H3;3-6H2,1-2H3;1-2H3. The van der Waals surface area contributed by atoms with Crippen molar-refractivity contribution in [2.24, 2.45) is 10.8 Å². The number of aldehydes is 2. The Balaban J connectivity index is -0.000000538. The molecule has 1 aliphatic heterocycles. The Hall–Kier alpha value is -2.10. The van der Waals surface area contributed by atoms with Crippen molar-refractivity contribution in [3.63, 3.8) is 0 Å². The number of carbonyl (C=O) groups excluding carboxylic acids is 4. The molecule has 0 aromatic rings. The van der Waals surface area contributed by atoms with Gasteiger partial charge >= 0.3 is 11.9 Å². The zero-order chi connectivity index (χ0) is 60.1. The van der Waals surface area contributed by atoms with Crippen LogP contribution in [0.5, 0.6) is 0 Å². The Labute approximate surface area is 493 Å². The molecule has 0 N–H and O–H groups in total. The number of nitrogens with zero attached hydrogens (tertiary/aromatic N) is 1. The lowest BCUT2D eigenvalue weighted by molar-refractivity contribution is -0.149. The van der Waals surface area contributed by atoms with Crippen LogP contribution in [0.4, 0.5) is 0 Å². The maximum Gasteiger partial charge on any atom is 0.330 e. The maximum absolute atomic E-state index is 12.8. The predicted octanol–water partition coefficient (Wildman–Crippen LogP) is 20.9. The van der Waals surface area contributed by atoms with Crippen LogP contribution in [0.2, 0.25) is 0 Å². The summed E-state index contributed by atoms with van der Waals surface area (Å²) in [5.74, 6) is -0.725. The number of methoxy groups -OCH3 is 2. The highest BCUT2D eigenvalue weighted by Gasteiger charge is 2.39. The molecule has 1 rings (SSSR count). The summed E-state index contributed by atoms with van der Waals surface area (Å²) in [7, 11) is 3.77. The molecule has 1 aliphatic rings. The van der Waals surface area contributed by atoms with Gasteiger partial charge in [-0.1, -0.05) is 295 Å². The minimum atomic E-state index is -0.473. The Kier molecular flexibility index (Phi) is 67.0. The van der Waals surface area contributed by atoms with E-state index in [1.165, 1.54) is 193 Å². The predicted molar refractivity (Wildman–Crippen MR) is 342 cm³/mol. The Morgan fingerprint density at radius 1 is 0.494 bits per heavy atom. The van der Waals surface area contributed by atoms with E-state index < -0.39 is 12.0 Å². The first-order valence-corrected chi connectivity index (χ1v) is 33.9. The number of hydrogen-bond acceptors (Lipinski definition) is 9. The average Bonchev–Trinajstić information content (AvgIpc) is 3.86. The van der Waals surface area contributed by atoms with E-state index in [4.69, 9.17) is 18.9 Å². The van der Waals surface area contributed by atoms with Gasteiger partial charge in [0.05, 0.1) is 18.8 Å². The van der Waals surface area contributed by atoms with Gasteiger partial charge in [0.25, 0.3) is 0 Å². The third kappa shape index (κ3) is 58.9. The molecule has 9 heteroatoms. The van der Waals surface area contributed by atoms with Gasteiger partial charge in [-0.15, -0.1) is 0 Å². The highest BCUT2D eigenvalue weighted by molar-refractivity contribution is 5.81. The van der Waals surface area contributed by atoms with Crippen LogP contribution in [0.25, 0.3) is 0 Å². The smallest absolute Gasteiger partial charge is 0.330 e. The molecule has 1 heterocycles. The van der Waals surface area contributed by atoms with Crippen molar-refractivity contribution in [1.82, 2.24) is 4.90 Å². The van der Waals surface area contributed by atoms with Crippen LogP contribution in [0.1, 0.15) is 346 Å². The van der Waals surface area contributed by atoms with Gasteiger partial charge in [0.15, 0.2) is 0 Å². The van der Waals surface area contributed by atoms with Crippen LogP contribution in [-0.2, 0) is 38.1 Å². The van der Waals surface area contributed by atoms with Gasteiger partial charge in [0.1, 0.15) is 24.7 Å². The first kappa shape index (κ1) is 83.4. The summed E-state index contributed by atoms with van der Waals surface area (Å²) in [5.41, 5.74) is -0.533. The highest BCUT2D eigenvalue weighted by atomic mass is 16.5. The van der Waals surface area contributed by atoms with Gasteiger partial charge in [0.2, 0.25) is 0 Å². The zero-order valence-corrected chi connectivity index (χ0v) is 55.6. The summed E-state index contributed by atoms with van der Waals surface area (Å²) in [6, 6.07) is -0.403. The van der Waals surface area contributed by atoms with Crippen molar-refractivity contribution in [1.29, 1.82) is 0 Å². The van der Waals surface area contributed by atoms with E-state index in [2.05, 4.69) is 53.0 Å². The second kappa shape index (κ2) is 63.5. The lowest BCUT2D eigenvalue weighted by Gasteiger charge is -2.22. The second-order valence-corrected chi connectivity index (χ2v) is 24.2. The van der Waals surface area contributed by atoms with Crippen LogP contribution >= 0.6 is 0 Å². The van der Waals surface area contributed by atoms with Crippen LogP contribution in [0.15, 0.2) is 12.7 Å². The minimum absolute atomic E-state index is 0.253. The molecule has 0 saturated carbocycles. The fraction of sp³-hybridized carbons (Fsp3) is 0.914. The van der Waals surface area contributed by atoms with Crippen LogP contribution in [-0.4, -0.2) is 87.7 Å². The monoisotopic (exact) mass is 1120 g/mol. The molecule has 0 amide bonds. The molecule has 0 radical (unpaired) electrons. The largest absolute Gasteiger partial charge is 0.465 e. The van der Waals surface area contributed by atoms with Gasteiger partial charge < -0.3 is 28.5 Å². The van der Waals surface area contributed by atoms with E-state index in [-0.39, 0.29) is 22.9 Å². The van der Waals surface area contributed by atoms with Crippen molar-refractivity contribution in [3.05, 3.63) is 12.7 Å². The van der Waals surface area contributed by atoms with Gasteiger partial charge in [-0.05, 0) is 57.9 Å². The number of hydrogen-bond donors (Lipinski definition) is 0. The molecule has 0 aliphatic carbocycles. The molecule has 472 valence electrons. The quantitative estimate of drug-likeness (QED) is 0.0255. The van der Waals surface area contributed by atoms with Gasteiger partial charge in [-0.25, -0.2) is 4.79 Å². The Bertz CT molecular complexity index is 1250. The Morgan fingerprint density at radius 2 is 0.810 bits per heavy atom. The molecule has 1 fully saturated rings. The van der Waals surface area contributed by atoms with Crippen molar-refractivity contribution in [2.45, 2.75) is 371 Å². The van der Waals surface area contributed by atoms with E-state index in [9.17, 15) is 19.2 Å². The minimum Gasteiger partial charge on any atom is -0.465 e. The SMILES string of the molecule is C=CC(=O)OC1CC(C(=O)OCCCCCCC(C)(C)C=O)N(CCCCCCC(C)(C)C=O)C1.CC.CCCCCC.CCCCCCCC(CCCCCCC)OC.CCCCCCCCC(CCCCCCCC)OC. The normalized spacial score (nSPS) is 14.2. The van der Waals surface area contributed by atoms with Gasteiger partial charge in [0, 0.05) is 44.1 Å².